The first kappa shape index (κ1) is 16.9. The van der Waals surface area contributed by atoms with Crippen molar-refractivity contribution in [2.75, 3.05) is 0 Å². The van der Waals surface area contributed by atoms with Gasteiger partial charge in [-0.1, -0.05) is 40.9 Å². The Bertz CT molecular complexity index is 343. The molecule has 0 aromatic rings. The highest BCUT2D eigenvalue weighted by molar-refractivity contribution is 6.67. The first-order valence-corrected chi connectivity index (χ1v) is 6.85. The number of carbonyl (C=O) groups is 1. The molecule has 5 nitrogen and oxygen atoms in total. The molecule has 1 N–H and O–H groups in total. The van der Waals surface area contributed by atoms with Crippen LogP contribution in [0.4, 0.5) is 4.79 Å². The molecule has 0 aromatic heterocycles. The van der Waals surface area contributed by atoms with Crippen LogP contribution in [0.3, 0.4) is 0 Å². The third-order valence-electron chi connectivity index (χ3n) is 2.08. The van der Waals surface area contributed by atoms with Crippen LogP contribution in [-0.4, -0.2) is 34.6 Å². The Balaban J connectivity index is 2.62. The Morgan fingerprint density at radius 1 is 1.37 bits per heavy atom. The van der Waals surface area contributed by atoms with E-state index in [9.17, 15) is 4.79 Å². The van der Waals surface area contributed by atoms with Crippen LogP contribution < -0.4 is 5.32 Å². The SMILES string of the molecule is CC(C)O[C@H]1O[C@H](C)C=C[C@H]1OC(=O)NC(Cl)(Cl)Cl. The van der Waals surface area contributed by atoms with Crippen LogP contribution in [0.2, 0.25) is 0 Å². The van der Waals surface area contributed by atoms with Crippen molar-refractivity contribution in [1.82, 2.24) is 5.32 Å². The molecule has 1 aliphatic heterocycles. The quantitative estimate of drug-likeness (QED) is 0.490. The summed E-state index contributed by atoms with van der Waals surface area (Å²) in [5, 5.41) is 2.04. The van der Waals surface area contributed by atoms with E-state index in [2.05, 4.69) is 0 Å². The minimum absolute atomic E-state index is 0.0777. The first-order valence-electron chi connectivity index (χ1n) is 5.72. The molecule has 19 heavy (non-hydrogen) atoms. The second-order valence-corrected chi connectivity index (χ2v) is 6.55. The minimum Gasteiger partial charge on any atom is -0.436 e. The highest BCUT2D eigenvalue weighted by Gasteiger charge is 2.32. The number of alkyl halides is 3. The third-order valence-corrected chi connectivity index (χ3v) is 2.37. The topological polar surface area (TPSA) is 56.8 Å². The zero-order valence-electron chi connectivity index (χ0n) is 10.7. The summed E-state index contributed by atoms with van der Waals surface area (Å²) in [6, 6.07) is 0. The molecule has 1 heterocycles. The second kappa shape index (κ2) is 6.99. The van der Waals surface area contributed by atoms with E-state index in [0.717, 1.165) is 0 Å². The molecule has 0 radical (unpaired) electrons. The van der Waals surface area contributed by atoms with Gasteiger partial charge in [0.25, 0.3) is 3.92 Å². The van der Waals surface area contributed by atoms with Gasteiger partial charge in [0.15, 0.2) is 12.4 Å². The zero-order valence-corrected chi connectivity index (χ0v) is 13.0. The predicted molar refractivity (Wildman–Crippen MR) is 73.4 cm³/mol. The van der Waals surface area contributed by atoms with Crippen molar-refractivity contribution in [2.45, 2.75) is 49.3 Å². The molecular weight excluding hydrogens is 316 g/mol. The molecule has 0 spiro atoms. The number of halogens is 3. The lowest BCUT2D eigenvalue weighted by Crippen LogP contribution is -2.44. The Morgan fingerprint density at radius 2 is 2.00 bits per heavy atom. The summed E-state index contributed by atoms with van der Waals surface area (Å²) in [6.07, 6.45) is 0.968. The molecule has 1 aliphatic rings. The van der Waals surface area contributed by atoms with Gasteiger partial charge >= 0.3 is 6.09 Å². The van der Waals surface area contributed by atoms with Gasteiger partial charge in [-0.05, 0) is 26.8 Å². The van der Waals surface area contributed by atoms with E-state index in [4.69, 9.17) is 49.0 Å². The third kappa shape index (κ3) is 6.68. The number of ether oxygens (including phenoxy) is 3. The van der Waals surface area contributed by atoms with E-state index in [1.807, 2.05) is 26.1 Å². The number of rotatable bonds is 3. The van der Waals surface area contributed by atoms with Crippen LogP contribution in [0.5, 0.6) is 0 Å². The molecule has 3 atom stereocenters. The number of hydrogen-bond acceptors (Lipinski definition) is 4. The van der Waals surface area contributed by atoms with E-state index in [-0.39, 0.29) is 12.2 Å². The van der Waals surface area contributed by atoms with Gasteiger partial charge in [-0.3, -0.25) is 5.32 Å². The van der Waals surface area contributed by atoms with E-state index in [0.29, 0.717) is 0 Å². The number of nitrogens with one attached hydrogen (secondary N) is 1. The van der Waals surface area contributed by atoms with Gasteiger partial charge in [-0.25, -0.2) is 4.79 Å². The monoisotopic (exact) mass is 331 g/mol. The average molecular weight is 333 g/mol. The Labute approximate surface area is 127 Å². The molecule has 0 fully saturated rings. The Hall–Kier alpha value is -0.200. The van der Waals surface area contributed by atoms with Crippen LogP contribution in [0.15, 0.2) is 12.2 Å². The summed E-state index contributed by atoms with van der Waals surface area (Å²) in [5.41, 5.74) is 0. The lowest BCUT2D eigenvalue weighted by molar-refractivity contribution is -0.215. The Morgan fingerprint density at radius 3 is 2.53 bits per heavy atom. The molecule has 0 aromatic carbocycles. The van der Waals surface area contributed by atoms with Crippen molar-refractivity contribution in [3.05, 3.63) is 12.2 Å². The maximum Gasteiger partial charge on any atom is 0.411 e. The molecule has 0 aliphatic carbocycles. The molecule has 110 valence electrons. The Kier molecular flexibility index (Phi) is 6.20. The van der Waals surface area contributed by atoms with Crippen molar-refractivity contribution in [3.8, 4) is 0 Å². The van der Waals surface area contributed by atoms with Gasteiger partial charge in [-0.15, -0.1) is 0 Å². The van der Waals surface area contributed by atoms with E-state index in [1.54, 1.807) is 12.2 Å². The van der Waals surface area contributed by atoms with Gasteiger partial charge in [0.2, 0.25) is 0 Å². The van der Waals surface area contributed by atoms with E-state index in [1.165, 1.54) is 0 Å². The number of hydrogen-bond donors (Lipinski definition) is 1. The normalized spacial score (nSPS) is 27.4. The molecule has 1 rings (SSSR count). The van der Waals surface area contributed by atoms with Gasteiger partial charge < -0.3 is 14.2 Å². The highest BCUT2D eigenvalue weighted by atomic mass is 35.6. The zero-order chi connectivity index (χ0) is 14.6. The molecule has 0 bridgehead atoms. The van der Waals surface area contributed by atoms with Crippen molar-refractivity contribution < 1.29 is 19.0 Å². The van der Waals surface area contributed by atoms with Crippen LogP contribution in [-0.2, 0) is 14.2 Å². The van der Waals surface area contributed by atoms with Gasteiger partial charge in [0.05, 0.1) is 12.2 Å². The summed E-state index contributed by atoms with van der Waals surface area (Å²) < 4.78 is 14.2. The molecule has 1 amide bonds. The van der Waals surface area contributed by atoms with Gasteiger partial charge in [0.1, 0.15) is 0 Å². The van der Waals surface area contributed by atoms with E-state index >= 15 is 0 Å². The molecule has 8 heteroatoms. The summed E-state index contributed by atoms with van der Waals surface area (Å²) in [7, 11) is 0. The predicted octanol–water partition coefficient (Wildman–Crippen LogP) is 3.13. The number of alkyl carbamates (subject to hydrolysis) is 1. The van der Waals surface area contributed by atoms with Crippen molar-refractivity contribution >= 4 is 40.9 Å². The lowest BCUT2D eigenvalue weighted by Gasteiger charge is -2.32. The molecule has 0 saturated carbocycles. The largest absolute Gasteiger partial charge is 0.436 e. The van der Waals surface area contributed by atoms with Crippen molar-refractivity contribution in [1.29, 1.82) is 0 Å². The number of amides is 1. The molecule has 0 unspecified atom stereocenters. The summed E-state index contributed by atoms with van der Waals surface area (Å²) in [5.74, 6) is 0. The van der Waals surface area contributed by atoms with Gasteiger partial charge in [0, 0.05) is 0 Å². The van der Waals surface area contributed by atoms with Crippen LogP contribution in [0, 0.1) is 0 Å². The summed E-state index contributed by atoms with van der Waals surface area (Å²) in [4.78, 5) is 11.5. The smallest absolute Gasteiger partial charge is 0.411 e. The summed E-state index contributed by atoms with van der Waals surface area (Å²) >= 11 is 16.3. The van der Waals surface area contributed by atoms with Crippen molar-refractivity contribution in [2.24, 2.45) is 0 Å². The standard InChI is InChI=1S/C11H16Cl3NO4/c1-6(2)17-9-8(5-4-7(3)18-9)19-10(16)15-11(12,13)14/h4-9H,1-3H3,(H,15,16)/t7-,8-,9+/m1/s1. The maximum absolute atomic E-state index is 11.5. The van der Waals surface area contributed by atoms with Crippen LogP contribution >= 0.6 is 34.8 Å². The van der Waals surface area contributed by atoms with Crippen LogP contribution in [0.1, 0.15) is 20.8 Å². The molecular formula is C11H16Cl3NO4. The summed E-state index contributed by atoms with van der Waals surface area (Å²) in [6.45, 7) is 5.56. The minimum atomic E-state index is -1.92. The second-order valence-electron chi connectivity index (χ2n) is 4.27. The number of carbonyl (C=O) groups excluding carboxylic acids is 1. The van der Waals surface area contributed by atoms with Gasteiger partial charge in [-0.2, -0.15) is 0 Å². The first-order chi connectivity index (χ1) is 8.67. The maximum atomic E-state index is 11.5. The van der Waals surface area contributed by atoms with Crippen molar-refractivity contribution in [3.63, 3.8) is 0 Å². The lowest BCUT2D eigenvalue weighted by atomic mass is 10.2. The fourth-order valence-electron chi connectivity index (χ4n) is 1.43. The fraction of sp³-hybridized carbons (Fsp3) is 0.727. The average Bonchev–Trinajstić information content (AvgIpc) is 2.18. The highest BCUT2D eigenvalue weighted by Crippen LogP contribution is 2.23. The molecule has 0 saturated heterocycles. The fourth-order valence-corrected chi connectivity index (χ4v) is 1.66. The van der Waals surface area contributed by atoms with E-state index < -0.39 is 22.4 Å². The van der Waals surface area contributed by atoms with Crippen LogP contribution in [0.25, 0.3) is 0 Å².